The first-order valence-corrected chi connectivity index (χ1v) is 4.86. The summed E-state index contributed by atoms with van der Waals surface area (Å²) in [6.07, 6.45) is 0.330. The fourth-order valence-corrected chi connectivity index (χ4v) is 1.56. The normalized spacial score (nSPS) is 11.3. The van der Waals surface area contributed by atoms with E-state index in [1.165, 1.54) is 11.3 Å². The highest BCUT2D eigenvalue weighted by Crippen LogP contribution is 2.08. The van der Waals surface area contributed by atoms with Crippen LogP contribution in [0, 0.1) is 0 Å². The number of carbonyl (C=O) groups is 1. The van der Waals surface area contributed by atoms with Gasteiger partial charge in [-0.05, 0) is 11.4 Å². The average Bonchev–Trinajstić information content (AvgIpc) is 2.66. The zero-order chi connectivity index (χ0) is 10.4. The summed E-state index contributed by atoms with van der Waals surface area (Å²) >= 11 is 1.52. The molecular weight excluding hydrogens is 202 g/mol. The summed E-state index contributed by atoms with van der Waals surface area (Å²) in [7, 11) is 0. The molecule has 1 aromatic heterocycles. The third-order valence-corrected chi connectivity index (χ3v) is 2.39. The molecule has 0 spiro atoms. The monoisotopic (exact) mass is 213 g/mol. The molecule has 14 heavy (non-hydrogen) atoms. The second kappa shape index (κ2) is 5.23. The van der Waals surface area contributed by atoms with E-state index in [4.69, 9.17) is 10.9 Å². The van der Waals surface area contributed by atoms with Crippen LogP contribution in [0.4, 0.5) is 0 Å². The lowest BCUT2D eigenvalue weighted by Crippen LogP contribution is -2.34. The van der Waals surface area contributed by atoms with Gasteiger partial charge < -0.3 is 16.3 Å². The zero-order valence-corrected chi connectivity index (χ0v) is 8.25. The van der Waals surface area contributed by atoms with Crippen molar-refractivity contribution < 1.29 is 10.0 Å². The number of hydrogen-bond acceptors (Lipinski definition) is 4. The summed E-state index contributed by atoms with van der Waals surface area (Å²) in [4.78, 5) is 12.2. The summed E-state index contributed by atoms with van der Waals surface area (Å²) < 4.78 is 0. The summed E-state index contributed by atoms with van der Waals surface area (Å²) in [6, 6.07) is 3.77. The predicted molar refractivity (Wildman–Crippen MR) is 54.4 cm³/mol. The third kappa shape index (κ3) is 3.44. The molecule has 0 aromatic carbocycles. The van der Waals surface area contributed by atoms with Gasteiger partial charge in [-0.2, -0.15) is 0 Å². The van der Waals surface area contributed by atoms with Crippen LogP contribution in [0.15, 0.2) is 22.7 Å². The van der Waals surface area contributed by atoms with Crippen molar-refractivity contribution in [2.24, 2.45) is 10.9 Å². The Morgan fingerprint density at radius 1 is 1.71 bits per heavy atom. The molecule has 1 aromatic rings. The van der Waals surface area contributed by atoms with Gasteiger partial charge in [0.2, 0.25) is 5.91 Å². The molecule has 0 bridgehead atoms. The fourth-order valence-electron chi connectivity index (χ4n) is 0.858. The van der Waals surface area contributed by atoms with Crippen molar-refractivity contribution in [2.45, 2.75) is 6.42 Å². The molecule has 76 valence electrons. The molecule has 1 rings (SSSR count). The molecule has 0 saturated heterocycles. The molecule has 6 heteroatoms. The molecule has 0 fully saturated rings. The Balaban J connectivity index is 2.30. The molecule has 1 amide bonds. The maximum absolute atomic E-state index is 11.2. The van der Waals surface area contributed by atoms with Crippen molar-refractivity contribution in [1.82, 2.24) is 5.32 Å². The number of thiophene rings is 1. The van der Waals surface area contributed by atoms with Crippen LogP contribution in [0.25, 0.3) is 0 Å². The van der Waals surface area contributed by atoms with Crippen LogP contribution in [0.2, 0.25) is 0 Å². The molecular formula is C8H11N3O2S. The highest BCUT2D eigenvalue weighted by atomic mass is 32.1. The molecule has 5 nitrogen and oxygen atoms in total. The first-order chi connectivity index (χ1) is 6.72. The number of oxime groups is 1. The third-order valence-electron chi connectivity index (χ3n) is 1.51. The molecule has 4 N–H and O–H groups in total. The number of nitrogens with one attached hydrogen (secondary N) is 1. The van der Waals surface area contributed by atoms with Crippen LogP contribution in [0.1, 0.15) is 4.88 Å². The molecule has 0 aliphatic carbocycles. The Kier molecular flexibility index (Phi) is 3.93. The van der Waals surface area contributed by atoms with Crippen LogP contribution >= 0.6 is 11.3 Å². The molecule has 0 saturated carbocycles. The zero-order valence-electron chi connectivity index (χ0n) is 7.43. The summed E-state index contributed by atoms with van der Waals surface area (Å²) in [5, 5.41) is 15.4. The molecule has 1 heterocycles. The van der Waals surface area contributed by atoms with E-state index in [2.05, 4.69) is 10.5 Å². The lowest BCUT2D eigenvalue weighted by atomic mass is 10.3. The van der Waals surface area contributed by atoms with Gasteiger partial charge in [0.1, 0.15) is 0 Å². The number of nitrogens with zero attached hydrogens (tertiary/aromatic N) is 1. The molecule has 0 aliphatic heterocycles. The minimum Gasteiger partial charge on any atom is -0.409 e. The van der Waals surface area contributed by atoms with E-state index in [1.54, 1.807) is 0 Å². The van der Waals surface area contributed by atoms with E-state index in [9.17, 15) is 4.79 Å². The minimum absolute atomic E-state index is 0.00969. The number of rotatable bonds is 4. The van der Waals surface area contributed by atoms with Gasteiger partial charge >= 0.3 is 0 Å². The Morgan fingerprint density at radius 3 is 3.07 bits per heavy atom. The quantitative estimate of drug-likeness (QED) is 0.288. The summed E-state index contributed by atoms with van der Waals surface area (Å²) in [5.74, 6) is -0.149. The Labute approximate surface area is 85.2 Å². The largest absolute Gasteiger partial charge is 0.409 e. The fraction of sp³-hybridized carbons (Fsp3) is 0.250. The number of nitrogens with two attached hydrogens (primary N) is 1. The van der Waals surface area contributed by atoms with E-state index in [-0.39, 0.29) is 18.3 Å². The van der Waals surface area contributed by atoms with Crippen molar-refractivity contribution in [3.63, 3.8) is 0 Å². The Hall–Kier alpha value is -1.56. The van der Waals surface area contributed by atoms with Gasteiger partial charge in [0.15, 0.2) is 5.84 Å². The van der Waals surface area contributed by atoms with Gasteiger partial charge in [0.25, 0.3) is 0 Å². The molecule has 0 atom stereocenters. The van der Waals surface area contributed by atoms with E-state index in [1.807, 2.05) is 17.5 Å². The van der Waals surface area contributed by atoms with Crippen molar-refractivity contribution in [2.75, 3.05) is 6.54 Å². The van der Waals surface area contributed by atoms with E-state index >= 15 is 0 Å². The van der Waals surface area contributed by atoms with Crippen LogP contribution < -0.4 is 11.1 Å². The minimum atomic E-state index is -0.140. The SMILES string of the molecule is N/C(CNC(=O)Cc1cccs1)=N/O. The first kappa shape index (κ1) is 10.5. The van der Waals surface area contributed by atoms with Crippen LogP contribution in [-0.4, -0.2) is 23.5 Å². The van der Waals surface area contributed by atoms with E-state index in [0.717, 1.165) is 4.88 Å². The number of carbonyl (C=O) groups excluding carboxylic acids is 1. The number of hydrogen-bond donors (Lipinski definition) is 3. The predicted octanol–water partition coefficient (Wildman–Crippen LogP) is 0.153. The van der Waals surface area contributed by atoms with Gasteiger partial charge in [-0.1, -0.05) is 11.2 Å². The van der Waals surface area contributed by atoms with Crippen molar-refractivity contribution >= 4 is 23.1 Å². The summed E-state index contributed by atoms with van der Waals surface area (Å²) in [5.41, 5.74) is 5.18. The Morgan fingerprint density at radius 2 is 2.50 bits per heavy atom. The lowest BCUT2D eigenvalue weighted by molar-refractivity contribution is -0.120. The van der Waals surface area contributed by atoms with Crippen LogP contribution in [0.3, 0.4) is 0 Å². The number of amides is 1. The highest BCUT2D eigenvalue weighted by Gasteiger charge is 2.03. The van der Waals surface area contributed by atoms with E-state index < -0.39 is 0 Å². The van der Waals surface area contributed by atoms with Crippen molar-refractivity contribution in [1.29, 1.82) is 0 Å². The van der Waals surface area contributed by atoms with Gasteiger partial charge in [0.05, 0.1) is 13.0 Å². The smallest absolute Gasteiger partial charge is 0.225 e. The molecule has 0 aliphatic rings. The van der Waals surface area contributed by atoms with Crippen molar-refractivity contribution in [3.05, 3.63) is 22.4 Å². The standard InChI is InChI=1S/C8H11N3O2S/c9-7(11-13)5-10-8(12)4-6-2-1-3-14-6/h1-3,13H,4-5H2,(H2,9,11)(H,10,12). The van der Waals surface area contributed by atoms with Crippen molar-refractivity contribution in [3.8, 4) is 0 Å². The van der Waals surface area contributed by atoms with Crippen LogP contribution in [0.5, 0.6) is 0 Å². The lowest BCUT2D eigenvalue weighted by Gasteiger charge is -2.01. The van der Waals surface area contributed by atoms with Gasteiger partial charge in [-0.15, -0.1) is 11.3 Å². The first-order valence-electron chi connectivity index (χ1n) is 3.98. The number of amidine groups is 1. The average molecular weight is 213 g/mol. The maximum Gasteiger partial charge on any atom is 0.225 e. The van der Waals surface area contributed by atoms with Gasteiger partial charge in [-0.3, -0.25) is 4.79 Å². The summed E-state index contributed by atoms with van der Waals surface area (Å²) in [6.45, 7) is 0.0701. The molecule has 0 radical (unpaired) electrons. The van der Waals surface area contributed by atoms with Crippen LogP contribution in [-0.2, 0) is 11.2 Å². The second-order valence-electron chi connectivity index (χ2n) is 2.62. The highest BCUT2D eigenvalue weighted by molar-refractivity contribution is 7.10. The van der Waals surface area contributed by atoms with E-state index in [0.29, 0.717) is 6.42 Å². The maximum atomic E-state index is 11.2. The topological polar surface area (TPSA) is 87.7 Å². The van der Waals surface area contributed by atoms with Gasteiger partial charge in [-0.25, -0.2) is 0 Å². The van der Waals surface area contributed by atoms with Gasteiger partial charge in [0, 0.05) is 4.88 Å². The Bertz CT molecular complexity index is 321. The molecule has 0 unspecified atom stereocenters. The second-order valence-corrected chi connectivity index (χ2v) is 3.66.